The Balaban J connectivity index is 1.96. The van der Waals surface area contributed by atoms with E-state index in [-0.39, 0.29) is 5.91 Å². The summed E-state index contributed by atoms with van der Waals surface area (Å²) >= 11 is 0. The minimum absolute atomic E-state index is 0.319. The van der Waals surface area contributed by atoms with Crippen LogP contribution in [0.4, 0.5) is 18.9 Å². The van der Waals surface area contributed by atoms with Crippen LogP contribution < -0.4 is 5.32 Å². The van der Waals surface area contributed by atoms with Crippen molar-refractivity contribution in [3.63, 3.8) is 0 Å². The van der Waals surface area contributed by atoms with E-state index in [0.717, 1.165) is 17.8 Å². The van der Waals surface area contributed by atoms with Crippen LogP contribution in [0.3, 0.4) is 0 Å². The van der Waals surface area contributed by atoms with Gasteiger partial charge < -0.3 is 10.3 Å². The second-order valence-electron chi connectivity index (χ2n) is 6.24. The minimum Gasteiger partial charge on any atom is -0.342 e. The first kappa shape index (κ1) is 17.1. The summed E-state index contributed by atoms with van der Waals surface area (Å²) in [4.78, 5) is 20.0. The SMILES string of the molecule is Cc1cnc(C(=C2C(=O)Nc3ccccc32)c2ccc(C(F)(F)F)cc2)[nH]1. The maximum atomic E-state index is 12.9. The van der Waals surface area contributed by atoms with E-state index in [1.807, 2.05) is 6.92 Å². The molecule has 0 spiro atoms. The number of hydrogen-bond acceptors (Lipinski definition) is 2. The lowest BCUT2D eigenvalue weighted by atomic mass is 9.94. The van der Waals surface area contributed by atoms with E-state index < -0.39 is 11.7 Å². The number of anilines is 1. The van der Waals surface area contributed by atoms with Crippen LogP contribution in [0.2, 0.25) is 0 Å². The Kier molecular flexibility index (Phi) is 3.87. The summed E-state index contributed by atoms with van der Waals surface area (Å²) in [5, 5.41) is 2.79. The molecule has 0 saturated heterocycles. The topological polar surface area (TPSA) is 57.8 Å². The zero-order valence-electron chi connectivity index (χ0n) is 14.2. The zero-order chi connectivity index (χ0) is 19.2. The highest BCUT2D eigenvalue weighted by Crippen LogP contribution is 2.39. The summed E-state index contributed by atoms with van der Waals surface area (Å²) in [6, 6.07) is 11.9. The Morgan fingerprint density at radius 2 is 1.74 bits per heavy atom. The quantitative estimate of drug-likeness (QED) is 0.646. The number of nitrogens with one attached hydrogen (secondary N) is 2. The lowest BCUT2D eigenvalue weighted by Gasteiger charge is -2.12. The van der Waals surface area contributed by atoms with Crippen molar-refractivity contribution in [1.29, 1.82) is 0 Å². The molecule has 2 heterocycles. The van der Waals surface area contributed by atoms with Gasteiger partial charge in [-0.15, -0.1) is 0 Å². The second kappa shape index (κ2) is 6.12. The number of imidazole rings is 1. The highest BCUT2D eigenvalue weighted by Gasteiger charge is 2.32. The number of aromatic nitrogens is 2. The summed E-state index contributed by atoms with van der Waals surface area (Å²) < 4.78 is 38.7. The maximum absolute atomic E-state index is 12.9. The third-order valence-electron chi connectivity index (χ3n) is 4.36. The number of alkyl halides is 3. The van der Waals surface area contributed by atoms with Crippen LogP contribution in [-0.4, -0.2) is 15.9 Å². The number of carbonyl (C=O) groups is 1. The van der Waals surface area contributed by atoms with Crippen molar-refractivity contribution < 1.29 is 18.0 Å². The van der Waals surface area contributed by atoms with Gasteiger partial charge in [0.25, 0.3) is 5.91 Å². The van der Waals surface area contributed by atoms with Crippen molar-refractivity contribution in [1.82, 2.24) is 9.97 Å². The van der Waals surface area contributed by atoms with Gasteiger partial charge in [-0.25, -0.2) is 4.98 Å². The summed E-state index contributed by atoms with van der Waals surface area (Å²) in [6.45, 7) is 1.81. The van der Waals surface area contributed by atoms with Crippen molar-refractivity contribution in [2.45, 2.75) is 13.1 Å². The number of benzene rings is 2. The number of halogens is 3. The van der Waals surface area contributed by atoms with Crippen LogP contribution in [0, 0.1) is 6.92 Å². The molecule has 2 aromatic carbocycles. The fourth-order valence-corrected chi connectivity index (χ4v) is 3.13. The van der Waals surface area contributed by atoms with Crippen LogP contribution >= 0.6 is 0 Å². The van der Waals surface area contributed by atoms with Crippen LogP contribution in [0.5, 0.6) is 0 Å². The van der Waals surface area contributed by atoms with E-state index in [9.17, 15) is 18.0 Å². The second-order valence-corrected chi connectivity index (χ2v) is 6.24. The first-order valence-electron chi connectivity index (χ1n) is 8.19. The van der Waals surface area contributed by atoms with E-state index in [4.69, 9.17) is 0 Å². The average molecular weight is 369 g/mol. The van der Waals surface area contributed by atoms with Gasteiger partial charge >= 0.3 is 6.18 Å². The van der Waals surface area contributed by atoms with Crippen molar-refractivity contribution >= 4 is 22.7 Å². The molecule has 7 heteroatoms. The lowest BCUT2D eigenvalue weighted by molar-refractivity contribution is -0.137. The summed E-state index contributed by atoms with van der Waals surface area (Å²) in [5.74, 6) is 0.106. The highest BCUT2D eigenvalue weighted by atomic mass is 19.4. The van der Waals surface area contributed by atoms with E-state index in [1.165, 1.54) is 12.1 Å². The van der Waals surface area contributed by atoms with Gasteiger partial charge in [0, 0.05) is 28.7 Å². The summed E-state index contributed by atoms with van der Waals surface area (Å²) in [7, 11) is 0. The molecule has 2 N–H and O–H groups in total. The molecule has 1 aliphatic rings. The van der Waals surface area contributed by atoms with Gasteiger partial charge in [-0.3, -0.25) is 4.79 Å². The van der Waals surface area contributed by atoms with Crippen LogP contribution in [0.1, 0.15) is 28.2 Å². The fourth-order valence-electron chi connectivity index (χ4n) is 3.13. The van der Waals surface area contributed by atoms with Gasteiger partial charge in [-0.05, 0) is 30.7 Å². The molecule has 0 saturated carbocycles. The predicted octanol–water partition coefficient (Wildman–Crippen LogP) is 4.65. The number of fused-ring (bicyclic) bond motifs is 1. The Hall–Kier alpha value is -3.35. The molecular formula is C20H14F3N3O. The number of nitrogens with zero attached hydrogens (tertiary/aromatic N) is 1. The van der Waals surface area contributed by atoms with Crippen molar-refractivity contribution in [3.8, 4) is 0 Å². The number of hydrogen-bond donors (Lipinski definition) is 2. The third-order valence-corrected chi connectivity index (χ3v) is 4.36. The molecular weight excluding hydrogens is 355 g/mol. The first-order chi connectivity index (χ1) is 12.8. The number of rotatable bonds is 2. The molecule has 0 radical (unpaired) electrons. The summed E-state index contributed by atoms with van der Waals surface area (Å²) in [6.07, 6.45) is -2.82. The van der Waals surface area contributed by atoms with Crippen LogP contribution in [0.25, 0.3) is 11.1 Å². The van der Waals surface area contributed by atoms with Gasteiger partial charge in [-0.2, -0.15) is 13.2 Å². The monoisotopic (exact) mass is 369 g/mol. The number of amides is 1. The molecule has 27 heavy (non-hydrogen) atoms. The number of aryl methyl sites for hydroxylation is 1. The number of aromatic amines is 1. The van der Waals surface area contributed by atoms with Gasteiger partial charge in [-0.1, -0.05) is 30.3 Å². The largest absolute Gasteiger partial charge is 0.416 e. The third kappa shape index (κ3) is 3.01. The maximum Gasteiger partial charge on any atom is 0.416 e. The molecule has 0 atom stereocenters. The fraction of sp³-hybridized carbons (Fsp3) is 0.100. The van der Waals surface area contributed by atoms with Crippen LogP contribution in [-0.2, 0) is 11.0 Å². The first-order valence-corrected chi connectivity index (χ1v) is 8.19. The Morgan fingerprint density at radius 3 is 2.37 bits per heavy atom. The molecule has 0 aliphatic carbocycles. The molecule has 0 bridgehead atoms. The van der Waals surface area contributed by atoms with E-state index >= 15 is 0 Å². The molecule has 3 aromatic rings. The van der Waals surface area contributed by atoms with E-state index in [2.05, 4.69) is 15.3 Å². The highest BCUT2D eigenvalue weighted by molar-refractivity contribution is 6.37. The Bertz CT molecular complexity index is 1060. The van der Waals surface area contributed by atoms with Crippen molar-refractivity contribution in [2.75, 3.05) is 5.32 Å². The van der Waals surface area contributed by atoms with Crippen molar-refractivity contribution in [2.24, 2.45) is 0 Å². The molecule has 4 rings (SSSR count). The predicted molar refractivity (Wildman–Crippen MR) is 95.8 cm³/mol. The Morgan fingerprint density at radius 1 is 1.04 bits per heavy atom. The standard InChI is InChI=1S/C20H14F3N3O/c1-11-10-24-18(25-11)16(12-6-8-13(9-7-12)20(21,22)23)17-14-4-2-3-5-15(14)26-19(17)27/h2-10H,1H3,(H,24,25)(H,26,27). The normalized spacial score (nSPS) is 15.5. The smallest absolute Gasteiger partial charge is 0.342 e. The van der Waals surface area contributed by atoms with Gasteiger partial charge in [0.15, 0.2) is 0 Å². The van der Waals surface area contributed by atoms with E-state index in [0.29, 0.717) is 33.8 Å². The number of carbonyl (C=O) groups excluding carboxylic acids is 1. The van der Waals surface area contributed by atoms with Crippen LogP contribution in [0.15, 0.2) is 54.7 Å². The Labute approximate surface area is 152 Å². The molecule has 0 unspecified atom stereocenters. The minimum atomic E-state index is -4.43. The lowest BCUT2D eigenvalue weighted by Crippen LogP contribution is -2.08. The molecule has 1 aromatic heterocycles. The molecule has 4 nitrogen and oxygen atoms in total. The van der Waals surface area contributed by atoms with Gasteiger partial charge in [0.1, 0.15) is 5.82 Å². The molecule has 0 fully saturated rings. The zero-order valence-corrected chi connectivity index (χ0v) is 14.2. The average Bonchev–Trinajstić information content (AvgIpc) is 3.19. The van der Waals surface area contributed by atoms with Gasteiger partial charge in [0.2, 0.25) is 0 Å². The van der Waals surface area contributed by atoms with E-state index in [1.54, 1.807) is 30.5 Å². The number of H-pyrrole nitrogens is 1. The molecule has 1 aliphatic heterocycles. The number of para-hydroxylation sites is 1. The molecule has 1 amide bonds. The molecule has 136 valence electrons. The van der Waals surface area contributed by atoms with Gasteiger partial charge in [0.05, 0.1) is 11.1 Å². The summed E-state index contributed by atoms with van der Waals surface area (Å²) in [5.41, 5.74) is 2.68. The van der Waals surface area contributed by atoms with Crippen molar-refractivity contribution in [3.05, 3.63) is 82.9 Å².